The standard InChI is InChI=1S/C29H23BN2/c1-21(22-12-4-2-5-13-22)32-28(23-14-6-3-7-15-23)20-29(31)30-26-18-10-8-16-24(26)25-17-9-11-19-27(25)30/h2-20,31-32H,1H2. The molecule has 32 heavy (non-hydrogen) atoms. The van der Waals surface area contributed by atoms with Crippen LogP contribution < -0.4 is 16.2 Å². The molecule has 0 saturated carbocycles. The second-order valence-electron chi connectivity index (χ2n) is 7.96. The van der Waals surface area contributed by atoms with Crippen molar-refractivity contribution in [3.05, 3.63) is 133 Å². The van der Waals surface area contributed by atoms with E-state index in [0.29, 0.717) is 5.61 Å². The molecule has 0 atom stereocenters. The van der Waals surface area contributed by atoms with Crippen LogP contribution in [0.3, 0.4) is 0 Å². The average Bonchev–Trinajstić information content (AvgIpc) is 3.19. The number of benzene rings is 4. The highest BCUT2D eigenvalue weighted by Gasteiger charge is 2.34. The summed E-state index contributed by atoms with van der Waals surface area (Å²) in [6.07, 6.45) is 1.95. The first-order valence-corrected chi connectivity index (χ1v) is 10.8. The third kappa shape index (κ3) is 3.70. The molecule has 0 unspecified atom stereocenters. The second-order valence-corrected chi connectivity index (χ2v) is 7.96. The normalized spacial score (nSPS) is 12.1. The largest absolute Gasteiger partial charge is 0.355 e. The van der Waals surface area contributed by atoms with Crippen molar-refractivity contribution in [2.45, 2.75) is 0 Å². The fourth-order valence-electron chi connectivity index (χ4n) is 4.41. The van der Waals surface area contributed by atoms with Crippen LogP contribution in [0.2, 0.25) is 0 Å². The van der Waals surface area contributed by atoms with Crippen LogP contribution in [0, 0.1) is 5.41 Å². The Labute approximate surface area is 189 Å². The Morgan fingerprint density at radius 3 is 1.69 bits per heavy atom. The van der Waals surface area contributed by atoms with E-state index < -0.39 is 0 Å². The third-order valence-electron chi connectivity index (χ3n) is 5.94. The van der Waals surface area contributed by atoms with E-state index in [1.807, 2.05) is 54.6 Å². The summed E-state index contributed by atoms with van der Waals surface area (Å²) in [4.78, 5) is 0. The smallest absolute Gasteiger partial charge is 0.265 e. The lowest BCUT2D eigenvalue weighted by atomic mass is 9.39. The van der Waals surface area contributed by atoms with E-state index in [-0.39, 0.29) is 6.71 Å². The quantitative estimate of drug-likeness (QED) is 0.335. The predicted octanol–water partition coefficient (Wildman–Crippen LogP) is 5.14. The van der Waals surface area contributed by atoms with Gasteiger partial charge in [-0.05, 0) is 28.3 Å². The zero-order chi connectivity index (χ0) is 21.9. The average molecular weight is 410 g/mol. The molecule has 0 aromatic heterocycles. The van der Waals surface area contributed by atoms with Gasteiger partial charge in [-0.25, -0.2) is 0 Å². The first-order valence-electron chi connectivity index (χ1n) is 10.8. The summed E-state index contributed by atoms with van der Waals surface area (Å²) in [6, 6.07) is 37.0. The molecule has 152 valence electrons. The van der Waals surface area contributed by atoms with Crippen LogP contribution in [-0.2, 0) is 0 Å². The zero-order valence-electron chi connectivity index (χ0n) is 17.8. The van der Waals surface area contributed by atoms with E-state index in [1.54, 1.807) is 0 Å². The van der Waals surface area contributed by atoms with Crippen molar-refractivity contribution in [2.75, 3.05) is 0 Å². The van der Waals surface area contributed by atoms with E-state index in [1.165, 1.54) is 22.1 Å². The van der Waals surface area contributed by atoms with E-state index in [4.69, 9.17) is 5.41 Å². The summed E-state index contributed by atoms with van der Waals surface area (Å²) in [5.74, 6) is 0. The minimum Gasteiger partial charge on any atom is -0.355 e. The van der Waals surface area contributed by atoms with Gasteiger partial charge in [-0.15, -0.1) is 0 Å². The van der Waals surface area contributed by atoms with Crippen molar-refractivity contribution in [2.24, 2.45) is 0 Å². The number of nitrogens with one attached hydrogen (secondary N) is 2. The van der Waals surface area contributed by atoms with Gasteiger partial charge in [-0.2, -0.15) is 0 Å². The van der Waals surface area contributed by atoms with Gasteiger partial charge in [0.1, 0.15) is 0 Å². The highest BCUT2D eigenvalue weighted by Crippen LogP contribution is 2.24. The molecule has 1 aliphatic heterocycles. The highest BCUT2D eigenvalue weighted by molar-refractivity contribution is 7.12. The van der Waals surface area contributed by atoms with Crippen molar-refractivity contribution >= 4 is 34.6 Å². The molecule has 2 N–H and O–H groups in total. The van der Waals surface area contributed by atoms with Crippen molar-refractivity contribution in [1.29, 1.82) is 5.41 Å². The minimum absolute atomic E-state index is 0.0899. The fourth-order valence-corrected chi connectivity index (χ4v) is 4.41. The number of allylic oxidation sites excluding steroid dienone is 1. The molecule has 0 bridgehead atoms. The van der Waals surface area contributed by atoms with Crippen LogP contribution in [0.15, 0.2) is 122 Å². The zero-order valence-corrected chi connectivity index (χ0v) is 17.8. The Morgan fingerprint density at radius 1 is 0.656 bits per heavy atom. The predicted molar refractivity (Wildman–Crippen MR) is 138 cm³/mol. The monoisotopic (exact) mass is 410 g/mol. The lowest BCUT2D eigenvalue weighted by Gasteiger charge is -2.16. The maximum absolute atomic E-state index is 9.13. The number of rotatable bonds is 6. The minimum atomic E-state index is -0.0899. The van der Waals surface area contributed by atoms with Crippen LogP contribution in [0.25, 0.3) is 22.5 Å². The van der Waals surface area contributed by atoms with E-state index in [2.05, 4.69) is 72.6 Å². The summed E-state index contributed by atoms with van der Waals surface area (Å²) in [5, 5.41) is 12.6. The Bertz CT molecular complexity index is 1280. The van der Waals surface area contributed by atoms with Crippen LogP contribution in [0.4, 0.5) is 0 Å². The molecule has 4 aromatic carbocycles. The molecule has 0 radical (unpaired) electrons. The number of hydrogen-bond donors (Lipinski definition) is 2. The summed E-state index contributed by atoms with van der Waals surface area (Å²) >= 11 is 0. The molecule has 0 spiro atoms. The molecule has 5 rings (SSSR count). The molecular weight excluding hydrogens is 387 g/mol. The molecule has 1 aliphatic rings. The summed E-state index contributed by atoms with van der Waals surface area (Å²) in [6.45, 7) is 4.15. The van der Waals surface area contributed by atoms with Gasteiger partial charge in [-0.1, -0.05) is 127 Å². The summed E-state index contributed by atoms with van der Waals surface area (Å²) < 4.78 is 0. The van der Waals surface area contributed by atoms with Crippen molar-refractivity contribution in [1.82, 2.24) is 5.32 Å². The SMILES string of the molecule is C=C(NC(=CC(=N)B1c2ccccc2-c2ccccc21)c1ccccc1)c1ccccc1. The summed E-state index contributed by atoms with van der Waals surface area (Å²) in [7, 11) is 0. The number of hydrogen-bond acceptors (Lipinski definition) is 2. The molecular formula is C29H23BN2. The summed E-state index contributed by atoms with van der Waals surface area (Å²) in [5.41, 5.74) is 9.07. The molecule has 4 aromatic rings. The molecule has 2 nitrogen and oxygen atoms in total. The van der Waals surface area contributed by atoms with Crippen molar-refractivity contribution in [3.63, 3.8) is 0 Å². The topological polar surface area (TPSA) is 35.9 Å². The Morgan fingerprint density at radius 2 is 1.12 bits per heavy atom. The maximum Gasteiger partial charge on any atom is 0.265 e. The van der Waals surface area contributed by atoms with Gasteiger partial charge >= 0.3 is 0 Å². The van der Waals surface area contributed by atoms with Crippen LogP contribution in [0.5, 0.6) is 0 Å². The molecule has 0 aliphatic carbocycles. The lowest BCUT2D eigenvalue weighted by Crippen LogP contribution is -2.45. The Kier molecular flexibility index (Phi) is 5.31. The van der Waals surface area contributed by atoms with E-state index in [0.717, 1.165) is 22.5 Å². The Hall–Kier alpha value is -4.11. The lowest BCUT2D eigenvalue weighted by molar-refractivity contribution is 1.24. The molecule has 0 fully saturated rings. The van der Waals surface area contributed by atoms with Gasteiger partial charge < -0.3 is 10.7 Å². The number of fused-ring (bicyclic) bond motifs is 3. The van der Waals surface area contributed by atoms with Gasteiger partial charge in [0.2, 0.25) is 0 Å². The van der Waals surface area contributed by atoms with E-state index in [9.17, 15) is 0 Å². The van der Waals surface area contributed by atoms with Gasteiger partial charge in [0.05, 0.1) is 0 Å². The molecule has 1 heterocycles. The van der Waals surface area contributed by atoms with Gasteiger partial charge in [0.25, 0.3) is 6.71 Å². The first kappa shape index (κ1) is 19.8. The van der Waals surface area contributed by atoms with Crippen LogP contribution in [-0.4, -0.2) is 12.3 Å². The molecule has 3 heteroatoms. The first-order chi connectivity index (χ1) is 15.7. The van der Waals surface area contributed by atoms with Gasteiger partial charge in [0.15, 0.2) is 0 Å². The maximum atomic E-state index is 9.13. The fraction of sp³-hybridized carbons (Fsp3) is 0. The third-order valence-corrected chi connectivity index (χ3v) is 5.94. The Balaban J connectivity index is 1.55. The van der Waals surface area contributed by atoms with Gasteiger partial charge in [-0.3, -0.25) is 0 Å². The van der Waals surface area contributed by atoms with Crippen LogP contribution >= 0.6 is 0 Å². The highest BCUT2D eigenvalue weighted by atomic mass is 14.9. The second kappa shape index (κ2) is 8.56. The molecule has 0 amide bonds. The molecule has 0 saturated heterocycles. The van der Waals surface area contributed by atoms with Gasteiger partial charge in [0, 0.05) is 17.0 Å². The van der Waals surface area contributed by atoms with Crippen molar-refractivity contribution < 1.29 is 0 Å². The van der Waals surface area contributed by atoms with Crippen molar-refractivity contribution in [3.8, 4) is 11.1 Å². The van der Waals surface area contributed by atoms with E-state index >= 15 is 0 Å². The van der Waals surface area contributed by atoms with Crippen LogP contribution in [0.1, 0.15) is 11.1 Å².